The number of nitrogens with zero attached hydrogens (tertiary/aromatic N) is 5. The number of benzene rings is 1. The van der Waals surface area contributed by atoms with Crippen LogP contribution in [0.2, 0.25) is 0 Å². The van der Waals surface area contributed by atoms with Gasteiger partial charge in [-0.15, -0.1) is 11.3 Å². The molecule has 1 saturated carbocycles. The standard InChI is InChI=1S/C26H29N7O4S/c34-13-15-11-17(22(36)21(15)35)29-23-20(25-30-16-3-1-2-4-19(16)38-25)24(37)32-26(31-23)33-9-5-14(6-10-33)18-12-27-7-8-28-18/h1-4,7-8,12,14-15,17,21-22,34-36H,5-6,9-11,13H2,(H2,29,31,32,37)/t15-,17-,21-,22+/m1/s1. The molecule has 11 nitrogen and oxygen atoms in total. The van der Waals surface area contributed by atoms with Crippen molar-refractivity contribution in [3.8, 4) is 10.6 Å². The quantitative estimate of drug-likeness (QED) is 0.246. The summed E-state index contributed by atoms with van der Waals surface area (Å²) < 4.78 is 0.944. The van der Waals surface area contributed by atoms with E-state index in [1.807, 2.05) is 29.2 Å². The molecule has 198 valence electrons. The normalized spacial score (nSPS) is 24.2. The Hall–Kier alpha value is -3.45. The number of piperidine rings is 1. The Morgan fingerprint density at radius 1 is 1.11 bits per heavy atom. The lowest BCUT2D eigenvalue weighted by Crippen LogP contribution is -2.38. The third kappa shape index (κ3) is 4.64. The van der Waals surface area contributed by atoms with Gasteiger partial charge in [0, 0.05) is 50.1 Å². The number of nitrogens with one attached hydrogen (secondary N) is 2. The van der Waals surface area contributed by atoms with Crippen molar-refractivity contribution in [1.29, 1.82) is 0 Å². The van der Waals surface area contributed by atoms with Gasteiger partial charge in [0.25, 0.3) is 5.56 Å². The number of fused-ring (bicyclic) bond motifs is 1. The molecular weight excluding hydrogens is 506 g/mol. The van der Waals surface area contributed by atoms with Gasteiger partial charge in [-0.05, 0) is 31.4 Å². The highest BCUT2D eigenvalue weighted by Gasteiger charge is 2.41. The highest BCUT2D eigenvalue weighted by molar-refractivity contribution is 7.21. The maximum atomic E-state index is 13.5. The highest BCUT2D eigenvalue weighted by Crippen LogP contribution is 2.35. The molecule has 4 aromatic rings. The van der Waals surface area contributed by atoms with Gasteiger partial charge < -0.3 is 25.5 Å². The Kier molecular flexibility index (Phi) is 6.78. The Balaban J connectivity index is 1.34. The van der Waals surface area contributed by atoms with E-state index >= 15 is 0 Å². The number of para-hydroxylation sites is 1. The topological polar surface area (TPSA) is 160 Å². The second-order valence-electron chi connectivity index (χ2n) is 9.90. The summed E-state index contributed by atoms with van der Waals surface area (Å²) in [5.41, 5.74) is 1.71. The minimum Gasteiger partial charge on any atom is -0.396 e. The van der Waals surface area contributed by atoms with E-state index in [0.717, 1.165) is 28.8 Å². The first-order valence-corrected chi connectivity index (χ1v) is 13.6. The van der Waals surface area contributed by atoms with Crippen LogP contribution in [0.3, 0.4) is 0 Å². The number of hydrogen-bond acceptors (Lipinski definition) is 11. The lowest BCUT2D eigenvalue weighted by molar-refractivity contribution is 0.00446. The first-order valence-electron chi connectivity index (χ1n) is 12.8. The molecule has 5 N–H and O–H groups in total. The van der Waals surface area contributed by atoms with Crippen molar-refractivity contribution in [3.05, 3.63) is 58.9 Å². The summed E-state index contributed by atoms with van der Waals surface area (Å²) in [7, 11) is 0. The summed E-state index contributed by atoms with van der Waals surface area (Å²) in [6.45, 7) is 1.12. The van der Waals surface area contributed by atoms with Crippen molar-refractivity contribution >= 4 is 33.3 Å². The van der Waals surface area contributed by atoms with Gasteiger partial charge in [0.1, 0.15) is 22.5 Å². The number of aliphatic hydroxyl groups excluding tert-OH is 3. The molecule has 0 radical (unpaired) electrons. The molecule has 6 rings (SSSR count). The molecule has 2 aliphatic rings. The molecule has 1 aliphatic heterocycles. The van der Waals surface area contributed by atoms with E-state index in [1.165, 1.54) is 11.3 Å². The second-order valence-corrected chi connectivity index (χ2v) is 10.9. The third-order valence-corrected chi connectivity index (χ3v) is 8.62. The monoisotopic (exact) mass is 535 g/mol. The number of hydrogen-bond donors (Lipinski definition) is 5. The van der Waals surface area contributed by atoms with Crippen molar-refractivity contribution in [1.82, 2.24) is 24.9 Å². The fourth-order valence-corrected chi connectivity index (χ4v) is 6.43. The molecule has 0 spiro atoms. The van der Waals surface area contributed by atoms with Crippen LogP contribution in [0.4, 0.5) is 11.8 Å². The van der Waals surface area contributed by atoms with Gasteiger partial charge in [0.2, 0.25) is 5.95 Å². The SMILES string of the molecule is O=c1[nH]c(N2CCC(c3cnccn3)CC2)nc(N[C@@H]2C[C@H](CO)[C@@H](O)[C@H]2O)c1-c1nc2ccccc2s1. The number of anilines is 2. The maximum Gasteiger partial charge on any atom is 0.264 e. The van der Waals surface area contributed by atoms with Crippen LogP contribution >= 0.6 is 11.3 Å². The predicted octanol–water partition coefficient (Wildman–Crippen LogP) is 1.74. The van der Waals surface area contributed by atoms with Crippen LogP contribution < -0.4 is 15.8 Å². The lowest BCUT2D eigenvalue weighted by Gasteiger charge is -2.32. The van der Waals surface area contributed by atoms with Crippen LogP contribution in [0.5, 0.6) is 0 Å². The minimum absolute atomic E-state index is 0.240. The minimum atomic E-state index is -1.11. The Morgan fingerprint density at radius 2 is 1.92 bits per heavy atom. The van der Waals surface area contributed by atoms with Gasteiger partial charge in [0.05, 0.1) is 28.1 Å². The van der Waals surface area contributed by atoms with E-state index in [0.29, 0.717) is 41.8 Å². The van der Waals surface area contributed by atoms with Crippen molar-refractivity contribution in [3.63, 3.8) is 0 Å². The smallest absolute Gasteiger partial charge is 0.264 e. The number of aromatic nitrogens is 5. The number of rotatable bonds is 6. The molecule has 0 bridgehead atoms. The predicted molar refractivity (Wildman–Crippen MR) is 144 cm³/mol. The maximum absolute atomic E-state index is 13.5. The van der Waals surface area contributed by atoms with Gasteiger partial charge in [-0.25, -0.2) is 4.98 Å². The lowest BCUT2D eigenvalue weighted by atomic mass is 9.94. The summed E-state index contributed by atoms with van der Waals surface area (Å²) in [6.07, 6.45) is 5.02. The van der Waals surface area contributed by atoms with E-state index < -0.39 is 24.2 Å². The van der Waals surface area contributed by atoms with Crippen molar-refractivity contribution in [2.24, 2.45) is 5.92 Å². The van der Waals surface area contributed by atoms with E-state index in [1.54, 1.807) is 18.6 Å². The van der Waals surface area contributed by atoms with Crippen LogP contribution in [0.15, 0.2) is 47.7 Å². The molecule has 4 atom stereocenters. The third-order valence-electron chi connectivity index (χ3n) is 7.57. The van der Waals surface area contributed by atoms with Crippen LogP contribution in [0.25, 0.3) is 20.8 Å². The zero-order valence-electron chi connectivity index (χ0n) is 20.6. The number of thiazole rings is 1. The van der Waals surface area contributed by atoms with Gasteiger partial charge in [-0.2, -0.15) is 4.98 Å². The molecule has 1 aromatic carbocycles. The van der Waals surface area contributed by atoms with Gasteiger partial charge in [-0.1, -0.05) is 12.1 Å². The zero-order chi connectivity index (χ0) is 26.2. The fraction of sp³-hybridized carbons (Fsp3) is 0.423. The molecule has 0 amide bonds. The Morgan fingerprint density at radius 3 is 2.63 bits per heavy atom. The summed E-state index contributed by atoms with van der Waals surface area (Å²) in [6, 6.07) is 7.07. The largest absolute Gasteiger partial charge is 0.396 e. The van der Waals surface area contributed by atoms with Gasteiger partial charge in [0.15, 0.2) is 0 Å². The number of aromatic amines is 1. The zero-order valence-corrected chi connectivity index (χ0v) is 21.4. The molecule has 1 saturated heterocycles. The first kappa shape index (κ1) is 24.9. The van der Waals surface area contributed by atoms with Crippen molar-refractivity contribution in [2.75, 3.05) is 29.9 Å². The van der Waals surface area contributed by atoms with E-state index in [9.17, 15) is 20.1 Å². The summed E-state index contributed by atoms with van der Waals surface area (Å²) in [5.74, 6) is 0.562. The van der Waals surface area contributed by atoms with Crippen LogP contribution in [0, 0.1) is 5.92 Å². The molecule has 2 fully saturated rings. The van der Waals surface area contributed by atoms with Crippen LogP contribution in [-0.4, -0.2) is 78.2 Å². The second kappa shape index (κ2) is 10.4. The average molecular weight is 536 g/mol. The molecule has 3 aromatic heterocycles. The highest BCUT2D eigenvalue weighted by atomic mass is 32.1. The summed E-state index contributed by atoms with van der Waals surface area (Å²) >= 11 is 1.39. The summed E-state index contributed by atoms with van der Waals surface area (Å²) in [5, 5.41) is 34.4. The van der Waals surface area contributed by atoms with Crippen molar-refractivity contribution in [2.45, 2.75) is 43.4 Å². The summed E-state index contributed by atoms with van der Waals surface area (Å²) in [4.78, 5) is 36.6. The van der Waals surface area contributed by atoms with E-state index in [2.05, 4.69) is 25.3 Å². The molecule has 4 heterocycles. The first-order chi connectivity index (χ1) is 18.5. The Labute approximate surface area is 222 Å². The molecular formula is C26H29N7O4S. The number of aliphatic hydroxyl groups is 3. The molecule has 12 heteroatoms. The fourth-order valence-electron chi connectivity index (χ4n) is 5.43. The van der Waals surface area contributed by atoms with Crippen molar-refractivity contribution < 1.29 is 15.3 Å². The van der Waals surface area contributed by atoms with Crippen LogP contribution in [-0.2, 0) is 0 Å². The molecule has 38 heavy (non-hydrogen) atoms. The molecule has 1 aliphatic carbocycles. The van der Waals surface area contributed by atoms with Gasteiger partial charge >= 0.3 is 0 Å². The Bertz CT molecular complexity index is 1440. The van der Waals surface area contributed by atoms with Crippen LogP contribution in [0.1, 0.15) is 30.9 Å². The van der Waals surface area contributed by atoms with E-state index in [-0.39, 0.29) is 18.1 Å². The molecule has 0 unspecified atom stereocenters. The van der Waals surface area contributed by atoms with Gasteiger partial charge in [-0.3, -0.25) is 19.7 Å². The van der Waals surface area contributed by atoms with E-state index in [4.69, 9.17) is 4.98 Å². The average Bonchev–Trinajstić information content (AvgIpc) is 3.49. The number of H-pyrrole nitrogens is 1.